The quantitative estimate of drug-likeness (QED) is 0.128. The van der Waals surface area contributed by atoms with Crippen LogP contribution in [0.5, 0.6) is 0 Å². The van der Waals surface area contributed by atoms with E-state index in [2.05, 4.69) is 206 Å². The second-order valence-corrected chi connectivity index (χ2v) is 19.7. The van der Waals surface area contributed by atoms with Gasteiger partial charge in [-0.1, -0.05) is 179 Å². The van der Waals surface area contributed by atoms with E-state index in [0.717, 1.165) is 0 Å². The van der Waals surface area contributed by atoms with Crippen LogP contribution in [0.1, 0.15) is 111 Å². The van der Waals surface area contributed by atoms with Gasteiger partial charge < -0.3 is 14.9 Å². The van der Waals surface area contributed by atoms with E-state index in [1.54, 1.807) is 0 Å². The van der Waals surface area contributed by atoms with Crippen molar-refractivity contribution in [2.75, 3.05) is 0 Å². The number of allylic oxidation sites excluding steroid dienone is 4. The van der Waals surface area contributed by atoms with Crippen molar-refractivity contribution in [2.24, 2.45) is 5.92 Å². The van der Waals surface area contributed by atoms with Crippen LogP contribution in [0.25, 0.3) is 38.6 Å². The van der Waals surface area contributed by atoms with Crippen molar-refractivity contribution >= 4 is 35.0 Å². The molecule has 0 nitrogen and oxygen atoms in total. The first-order chi connectivity index (χ1) is 25.3. The Labute approximate surface area is 363 Å². The Kier molecular flexibility index (Phi) is 16.0. The number of benzene rings is 4. The first-order valence-corrected chi connectivity index (χ1v) is 24.4. The topological polar surface area (TPSA) is 0 Å². The molecule has 1 aliphatic heterocycles. The van der Waals surface area contributed by atoms with Crippen molar-refractivity contribution in [1.29, 1.82) is 0 Å². The van der Waals surface area contributed by atoms with E-state index >= 15 is 0 Å². The van der Waals surface area contributed by atoms with Crippen molar-refractivity contribution in [2.45, 2.75) is 112 Å². The number of aryl methyl sites for hydroxylation is 1. The number of fused-ring (bicyclic) bond motifs is 2. The third kappa shape index (κ3) is 10.8. The predicted octanol–water partition coefficient (Wildman–Crippen LogP) is 15.5. The molecule has 56 heavy (non-hydrogen) atoms. The Morgan fingerprint density at radius 1 is 0.643 bits per heavy atom. The van der Waals surface area contributed by atoms with E-state index in [4.69, 9.17) is 0 Å². The maximum absolute atomic E-state index is 3.60. The molecule has 1 aliphatic carbocycles. The molecular formula is C53H64SSiZr-4. The number of hydrogen-bond acceptors (Lipinski definition) is 1. The van der Waals surface area contributed by atoms with Crippen molar-refractivity contribution in [3.63, 3.8) is 0 Å². The van der Waals surface area contributed by atoms with Crippen LogP contribution >= 0.6 is 11.8 Å². The summed E-state index contributed by atoms with van der Waals surface area (Å²) in [7, 11) is 0. The summed E-state index contributed by atoms with van der Waals surface area (Å²) in [6.07, 6.45) is 5.95. The van der Waals surface area contributed by atoms with Crippen LogP contribution in [-0.2, 0) is 39.6 Å². The van der Waals surface area contributed by atoms with Gasteiger partial charge in [0.1, 0.15) is 0 Å². The maximum atomic E-state index is 3.60. The zero-order valence-corrected chi connectivity index (χ0v) is 41.2. The number of hydrogen-bond donors (Lipinski definition) is 0. The van der Waals surface area contributed by atoms with Crippen LogP contribution in [0.4, 0.5) is 0 Å². The zero-order chi connectivity index (χ0) is 39.7. The molecule has 1 heterocycles. The summed E-state index contributed by atoms with van der Waals surface area (Å²) in [4.78, 5) is 1.34. The Hall–Kier alpha value is -2.84. The van der Waals surface area contributed by atoms with Gasteiger partial charge in [0, 0.05) is 5.25 Å². The van der Waals surface area contributed by atoms with E-state index in [-0.39, 0.29) is 31.1 Å². The third-order valence-corrected chi connectivity index (χ3v) is 11.7. The van der Waals surface area contributed by atoms with Crippen molar-refractivity contribution in [3.05, 3.63) is 168 Å². The van der Waals surface area contributed by atoms with Gasteiger partial charge in [-0.05, 0) is 62.5 Å². The second-order valence-electron chi connectivity index (χ2n) is 18.3. The van der Waals surface area contributed by atoms with Crippen LogP contribution in [0.3, 0.4) is 0 Å². The minimum absolute atomic E-state index is 0. The number of rotatable bonds is 4. The summed E-state index contributed by atoms with van der Waals surface area (Å²) in [6, 6.07) is 36.7. The number of thioether (sulfide) groups is 1. The van der Waals surface area contributed by atoms with Crippen molar-refractivity contribution in [3.8, 4) is 22.3 Å². The van der Waals surface area contributed by atoms with Gasteiger partial charge in [-0.2, -0.15) is 23.3 Å². The van der Waals surface area contributed by atoms with Crippen molar-refractivity contribution < 1.29 is 23.3 Å². The molecular weight excluding hydrogens is 788 g/mol. The van der Waals surface area contributed by atoms with Gasteiger partial charge in [-0.3, -0.25) is 0 Å². The fourth-order valence-electron chi connectivity index (χ4n) is 7.24. The third-order valence-electron chi connectivity index (χ3n) is 10.6. The standard InChI is InChI=1S/C30H33.C21H25S.2CH3.Si.Zr/c1-20-16-24-18-23(21-8-12-25(13-9-21)29(2,3)4)19-28(27(24)17-20)22-10-14-26(15-11-22)30(5,6)7;1-13(2)16-11-18-19(12-16)22-14(3)20(18)15-7-9-17(10-8-15)21(4,5)6;;;;/h8-19H,1-7H3;7-11,13-14H,1-6H3;2*1H3;;/q4*-1;;. The van der Waals surface area contributed by atoms with Crippen LogP contribution < -0.4 is 0 Å². The molecule has 3 heteroatoms. The summed E-state index contributed by atoms with van der Waals surface area (Å²) < 4.78 is 0. The molecule has 1 atom stereocenters. The summed E-state index contributed by atoms with van der Waals surface area (Å²) >= 11 is 3.30. The van der Waals surface area contributed by atoms with E-state index < -0.39 is 0 Å². The van der Waals surface area contributed by atoms with Gasteiger partial charge in [0.15, 0.2) is 0 Å². The minimum atomic E-state index is 0. The molecule has 5 aromatic carbocycles. The van der Waals surface area contributed by atoms with E-state index in [1.165, 1.54) is 106 Å². The molecule has 0 N–H and O–H groups in total. The monoisotopic (exact) mass is 850 g/mol. The van der Waals surface area contributed by atoms with E-state index in [1.807, 2.05) is 11.8 Å². The molecule has 0 saturated carbocycles. The summed E-state index contributed by atoms with van der Waals surface area (Å²) in [5.74, 6) is 0.547. The molecule has 2 radical (unpaired) electrons. The van der Waals surface area contributed by atoms with E-state index in [0.29, 0.717) is 11.2 Å². The molecule has 0 spiro atoms. The average molecular weight is 852 g/mol. The SMILES string of the molecule is CC(C)C1=CC2=C(c3ccc(C(C)(C)C)cc3)C(C)SC2=[C-]1.Cc1cc2c(-c3ccc(C(C)(C)C)cc3)cc(-c3ccc(C(C)(C)C)cc3)cc2[cH-]1.[CH3-].[CH3-].[Si]=[Zr]. The molecule has 0 fully saturated rings. The van der Waals surface area contributed by atoms with Gasteiger partial charge in [0.2, 0.25) is 0 Å². The van der Waals surface area contributed by atoms with Gasteiger partial charge >= 0.3 is 30.2 Å². The summed E-state index contributed by atoms with van der Waals surface area (Å²) in [6.45, 7) is 32.4. The Balaban J connectivity index is 0.000000289. The summed E-state index contributed by atoms with van der Waals surface area (Å²) in [5, 5.41) is 3.17. The Morgan fingerprint density at radius 2 is 1.09 bits per heavy atom. The molecule has 0 bridgehead atoms. The Morgan fingerprint density at radius 3 is 1.54 bits per heavy atom. The molecule has 0 aromatic heterocycles. The molecule has 7 rings (SSSR count). The van der Waals surface area contributed by atoms with Crippen LogP contribution in [0.2, 0.25) is 0 Å². The van der Waals surface area contributed by atoms with Crippen molar-refractivity contribution in [1.82, 2.24) is 0 Å². The van der Waals surface area contributed by atoms with E-state index in [9.17, 15) is 0 Å². The molecule has 2 aliphatic rings. The van der Waals surface area contributed by atoms with Gasteiger partial charge in [-0.25, -0.2) is 6.08 Å². The molecule has 0 saturated heterocycles. The van der Waals surface area contributed by atoms with Gasteiger partial charge in [0.05, 0.1) is 0 Å². The van der Waals surface area contributed by atoms with Gasteiger partial charge in [-0.15, -0.1) is 45.1 Å². The first kappa shape index (κ1) is 47.5. The normalized spacial score (nSPS) is 15.1. The first-order valence-electron chi connectivity index (χ1n) is 19.4. The fraction of sp³-hybridized carbons (Fsp3) is 0.340. The van der Waals surface area contributed by atoms with Crippen LogP contribution in [-0.4, -0.2) is 12.1 Å². The Bertz CT molecular complexity index is 2180. The predicted molar refractivity (Wildman–Crippen MR) is 250 cm³/mol. The van der Waals surface area contributed by atoms with Gasteiger partial charge in [0.25, 0.3) is 0 Å². The van der Waals surface area contributed by atoms with Crippen LogP contribution in [0.15, 0.2) is 119 Å². The molecule has 0 amide bonds. The van der Waals surface area contributed by atoms with Crippen LogP contribution in [0, 0.1) is 33.8 Å². The molecule has 5 aromatic rings. The fourth-order valence-corrected chi connectivity index (χ4v) is 8.45. The molecule has 294 valence electrons. The molecule has 1 unspecified atom stereocenters. The summed E-state index contributed by atoms with van der Waals surface area (Å²) in [5.41, 5.74) is 16.7. The average Bonchev–Trinajstić information content (AvgIpc) is 3.79. The zero-order valence-electron chi connectivity index (χ0n) is 36.9. The second kappa shape index (κ2) is 18.8.